The summed E-state index contributed by atoms with van der Waals surface area (Å²) in [5.74, 6) is -3.79. The predicted octanol–water partition coefficient (Wildman–Crippen LogP) is 2.89. The zero-order valence-electron chi connectivity index (χ0n) is 14.4. The van der Waals surface area contributed by atoms with Crippen LogP contribution in [-0.2, 0) is 14.3 Å². The molecule has 0 unspecified atom stereocenters. The topological polar surface area (TPSA) is 75.7 Å². The molecule has 1 N–H and O–H groups in total. The van der Waals surface area contributed by atoms with E-state index in [1.165, 1.54) is 4.90 Å². The average molecular weight is 374 g/mol. The van der Waals surface area contributed by atoms with Crippen molar-refractivity contribution < 1.29 is 27.9 Å². The zero-order chi connectivity index (χ0) is 19.6. The van der Waals surface area contributed by atoms with E-state index in [1.807, 2.05) is 0 Å². The summed E-state index contributed by atoms with van der Waals surface area (Å²) in [6.45, 7) is 1.05. The van der Waals surface area contributed by atoms with Gasteiger partial charge in [0.25, 0.3) is 5.91 Å². The molecule has 1 heterocycles. The lowest BCUT2D eigenvalue weighted by Crippen LogP contribution is -2.41. The molecule has 3 rings (SSSR count). The number of benzene rings is 2. The van der Waals surface area contributed by atoms with Crippen molar-refractivity contribution in [3.05, 3.63) is 59.7 Å². The molecule has 2 aromatic carbocycles. The quantitative estimate of drug-likeness (QED) is 0.839. The second-order valence-corrected chi connectivity index (χ2v) is 6.08. The van der Waals surface area contributed by atoms with Crippen LogP contribution in [0.1, 0.15) is 23.7 Å². The Labute approximate surface area is 153 Å². The largest absolute Gasteiger partial charge is 0.452 e. The molecule has 6 nitrogen and oxygen atoms in total. The monoisotopic (exact) mass is 374 g/mol. The van der Waals surface area contributed by atoms with Crippen molar-refractivity contribution in [1.82, 2.24) is 0 Å². The number of nitrogens with zero attached hydrogens (tertiary/aromatic N) is 1. The van der Waals surface area contributed by atoms with Gasteiger partial charge in [-0.15, -0.1) is 0 Å². The van der Waals surface area contributed by atoms with E-state index in [0.29, 0.717) is 17.4 Å². The average Bonchev–Trinajstić information content (AvgIpc) is 2.73. The second-order valence-electron chi connectivity index (χ2n) is 6.08. The van der Waals surface area contributed by atoms with Crippen molar-refractivity contribution in [2.45, 2.75) is 19.4 Å². The number of rotatable bonds is 3. The van der Waals surface area contributed by atoms with Gasteiger partial charge in [-0.3, -0.25) is 9.59 Å². The van der Waals surface area contributed by atoms with E-state index in [9.17, 15) is 23.2 Å². The summed E-state index contributed by atoms with van der Waals surface area (Å²) < 4.78 is 31.5. The third-order valence-electron chi connectivity index (χ3n) is 4.11. The van der Waals surface area contributed by atoms with Gasteiger partial charge in [-0.05, 0) is 31.2 Å². The molecule has 0 bridgehead atoms. The molecule has 1 aliphatic rings. The van der Waals surface area contributed by atoms with Gasteiger partial charge in [-0.2, -0.15) is 0 Å². The summed E-state index contributed by atoms with van der Waals surface area (Å²) in [5, 5.41) is 2.72. The fraction of sp³-hybridized carbons (Fsp3) is 0.211. The van der Waals surface area contributed by atoms with Crippen LogP contribution in [0.4, 0.5) is 20.2 Å². The molecule has 140 valence electrons. The smallest absolute Gasteiger partial charge is 0.341 e. The molecule has 0 fully saturated rings. The number of esters is 1. The highest BCUT2D eigenvalue weighted by Gasteiger charge is 2.30. The van der Waals surface area contributed by atoms with Crippen molar-refractivity contribution in [1.29, 1.82) is 0 Å². The van der Waals surface area contributed by atoms with Crippen molar-refractivity contribution in [2.75, 3.05) is 16.8 Å². The fourth-order valence-electron chi connectivity index (χ4n) is 2.90. The van der Waals surface area contributed by atoms with E-state index in [4.69, 9.17) is 4.74 Å². The van der Waals surface area contributed by atoms with Gasteiger partial charge in [0.05, 0.1) is 16.9 Å². The molecule has 2 amide bonds. The molecule has 27 heavy (non-hydrogen) atoms. The van der Waals surface area contributed by atoms with E-state index >= 15 is 0 Å². The minimum Gasteiger partial charge on any atom is -0.452 e. The Morgan fingerprint density at radius 1 is 1.22 bits per heavy atom. The lowest BCUT2D eigenvalue weighted by atomic mass is 10.1. The molecule has 2 aromatic rings. The van der Waals surface area contributed by atoms with Crippen LogP contribution in [0.2, 0.25) is 0 Å². The van der Waals surface area contributed by atoms with Crippen LogP contribution >= 0.6 is 0 Å². The predicted molar refractivity (Wildman–Crippen MR) is 93.3 cm³/mol. The lowest BCUT2D eigenvalue weighted by molar-refractivity contribution is -0.122. The lowest BCUT2D eigenvalue weighted by Gasteiger charge is -2.27. The second kappa shape index (κ2) is 7.53. The highest BCUT2D eigenvalue weighted by molar-refractivity contribution is 6.05. The Bertz CT molecular complexity index is 916. The van der Waals surface area contributed by atoms with Gasteiger partial charge in [-0.25, -0.2) is 13.6 Å². The summed E-state index contributed by atoms with van der Waals surface area (Å²) in [4.78, 5) is 37.9. The van der Waals surface area contributed by atoms with Crippen LogP contribution in [0.15, 0.2) is 42.5 Å². The third-order valence-corrected chi connectivity index (χ3v) is 4.11. The van der Waals surface area contributed by atoms with Gasteiger partial charge in [0.1, 0.15) is 11.6 Å². The number of nitrogens with one attached hydrogen (secondary N) is 1. The number of ether oxygens (including phenoxy) is 1. The molecule has 0 saturated heterocycles. The molecule has 0 radical (unpaired) electrons. The van der Waals surface area contributed by atoms with Gasteiger partial charge in [-0.1, -0.05) is 12.1 Å². The minimum atomic E-state index is -1.08. The van der Waals surface area contributed by atoms with E-state index in [-0.39, 0.29) is 12.3 Å². The van der Waals surface area contributed by atoms with Gasteiger partial charge in [0.15, 0.2) is 6.61 Å². The van der Waals surface area contributed by atoms with Crippen molar-refractivity contribution >= 4 is 29.2 Å². The Balaban J connectivity index is 1.77. The molecule has 8 heteroatoms. The number of halogens is 2. The van der Waals surface area contributed by atoms with Gasteiger partial charge < -0.3 is 15.0 Å². The number of amides is 2. The van der Waals surface area contributed by atoms with Crippen molar-refractivity contribution in [3.8, 4) is 0 Å². The van der Waals surface area contributed by atoms with Gasteiger partial charge in [0.2, 0.25) is 5.91 Å². The normalized spacial score (nSPS) is 16.2. The first-order valence-corrected chi connectivity index (χ1v) is 8.20. The van der Waals surface area contributed by atoms with Crippen LogP contribution in [0.3, 0.4) is 0 Å². The summed E-state index contributed by atoms with van der Waals surface area (Å²) in [6.07, 6.45) is 0.0704. The maximum absolute atomic E-state index is 13.7. The minimum absolute atomic E-state index is 0.0704. The molecule has 0 spiro atoms. The first kappa shape index (κ1) is 18.5. The fourth-order valence-corrected chi connectivity index (χ4v) is 2.90. The number of hydrogen-bond acceptors (Lipinski definition) is 4. The number of carbonyl (C=O) groups excluding carboxylic acids is 3. The van der Waals surface area contributed by atoms with Crippen LogP contribution in [-0.4, -0.2) is 30.4 Å². The van der Waals surface area contributed by atoms with Gasteiger partial charge in [0, 0.05) is 18.5 Å². The Kier molecular flexibility index (Phi) is 5.16. The van der Waals surface area contributed by atoms with E-state index < -0.39 is 41.7 Å². The zero-order valence-corrected chi connectivity index (χ0v) is 14.4. The molecule has 0 saturated carbocycles. The number of hydrogen-bond donors (Lipinski definition) is 1. The SMILES string of the molecule is C[C@H]1CC(=O)Nc2ccccc2N1C(=O)COC(=O)c1ccc(F)cc1F. The summed E-state index contributed by atoms with van der Waals surface area (Å²) >= 11 is 0. The van der Waals surface area contributed by atoms with Crippen LogP contribution in [0.25, 0.3) is 0 Å². The first-order valence-electron chi connectivity index (χ1n) is 8.20. The maximum atomic E-state index is 13.7. The molecule has 0 aliphatic carbocycles. The standard InChI is InChI=1S/C19H16F2N2O4/c1-11-8-17(24)22-15-4-2-3-5-16(15)23(11)18(25)10-27-19(26)13-7-6-12(20)9-14(13)21/h2-7,9,11H,8,10H2,1H3,(H,22,24)/t11-/m0/s1. The van der Waals surface area contributed by atoms with Crippen LogP contribution in [0, 0.1) is 11.6 Å². The summed E-state index contributed by atoms with van der Waals surface area (Å²) in [5.41, 5.74) is 0.478. The third kappa shape index (κ3) is 3.94. The molecule has 1 atom stereocenters. The highest BCUT2D eigenvalue weighted by atomic mass is 19.1. The van der Waals surface area contributed by atoms with E-state index in [0.717, 1.165) is 12.1 Å². The van der Waals surface area contributed by atoms with Crippen LogP contribution < -0.4 is 10.2 Å². The number of carbonyl (C=O) groups is 3. The number of fused-ring (bicyclic) bond motifs is 1. The van der Waals surface area contributed by atoms with Crippen molar-refractivity contribution in [2.24, 2.45) is 0 Å². The molecule has 1 aliphatic heterocycles. The Morgan fingerprint density at radius 3 is 2.70 bits per heavy atom. The Hall–Kier alpha value is -3.29. The maximum Gasteiger partial charge on any atom is 0.341 e. The molecular weight excluding hydrogens is 358 g/mol. The molecule has 0 aromatic heterocycles. The highest BCUT2D eigenvalue weighted by Crippen LogP contribution is 2.31. The number of para-hydroxylation sites is 2. The summed E-state index contributed by atoms with van der Waals surface area (Å²) in [7, 11) is 0. The van der Waals surface area contributed by atoms with E-state index in [1.54, 1.807) is 31.2 Å². The van der Waals surface area contributed by atoms with Crippen molar-refractivity contribution in [3.63, 3.8) is 0 Å². The Morgan fingerprint density at radius 2 is 1.96 bits per heavy atom. The van der Waals surface area contributed by atoms with Gasteiger partial charge >= 0.3 is 5.97 Å². The molecular formula is C19H16F2N2O4. The van der Waals surface area contributed by atoms with E-state index in [2.05, 4.69) is 5.32 Å². The number of anilines is 2. The first-order chi connectivity index (χ1) is 12.9. The summed E-state index contributed by atoms with van der Waals surface area (Å²) in [6, 6.07) is 8.71. The van der Waals surface area contributed by atoms with Crippen LogP contribution in [0.5, 0.6) is 0 Å².